The molecular weight excluding hydrogens is 582 g/mol. The summed E-state index contributed by atoms with van der Waals surface area (Å²) in [4.78, 5) is 23.8. The van der Waals surface area contributed by atoms with Crippen molar-refractivity contribution in [2.24, 2.45) is 5.92 Å². The maximum atomic E-state index is 14.2. The minimum absolute atomic E-state index is 0.198. The molecule has 0 saturated carbocycles. The lowest BCUT2D eigenvalue weighted by molar-refractivity contribution is -0.142. The molecule has 1 amide bonds. The van der Waals surface area contributed by atoms with Gasteiger partial charge in [-0.1, -0.05) is 62.4 Å². The first-order chi connectivity index (χ1) is 19.6. The largest absolute Gasteiger partial charge is 0.480 e. The number of nitrogens with one attached hydrogen (secondary N) is 2. The number of carbonyl (C=O) groups is 2. The molecule has 2 aromatic carbocycles. The van der Waals surface area contributed by atoms with Gasteiger partial charge in [-0.15, -0.1) is 0 Å². The van der Waals surface area contributed by atoms with Crippen molar-refractivity contribution in [2.45, 2.75) is 38.1 Å². The number of nitrogens with zero attached hydrogens (tertiary/aromatic N) is 1. The van der Waals surface area contributed by atoms with Gasteiger partial charge < -0.3 is 14.8 Å². The molecule has 1 heterocycles. The van der Waals surface area contributed by atoms with Gasteiger partial charge in [0.2, 0.25) is 20.0 Å². The summed E-state index contributed by atoms with van der Waals surface area (Å²) in [5, 5.41) is 12.8. The minimum Gasteiger partial charge on any atom is -0.480 e. The fourth-order valence-electron chi connectivity index (χ4n) is 5.14. The van der Waals surface area contributed by atoms with Crippen LogP contribution in [0.15, 0.2) is 71.2 Å². The number of amides is 1. The zero-order valence-electron chi connectivity index (χ0n) is 23.8. The summed E-state index contributed by atoms with van der Waals surface area (Å²) in [5.41, 5.74) is 2.28. The predicted molar refractivity (Wildman–Crippen MR) is 161 cm³/mol. The van der Waals surface area contributed by atoms with Crippen molar-refractivity contribution in [3.63, 3.8) is 0 Å². The van der Waals surface area contributed by atoms with E-state index in [1.165, 1.54) is 19.2 Å². The van der Waals surface area contributed by atoms with Gasteiger partial charge in [0.05, 0.1) is 11.9 Å². The Morgan fingerprint density at radius 2 is 1.71 bits per heavy atom. The highest BCUT2D eigenvalue weighted by Crippen LogP contribution is 2.36. The highest BCUT2D eigenvalue weighted by molar-refractivity contribution is 7.92. The predicted octanol–water partition coefficient (Wildman–Crippen LogP) is 3.95. The summed E-state index contributed by atoms with van der Waals surface area (Å²) in [6.07, 6.45) is 5.40. The molecule has 224 valence electrons. The van der Waals surface area contributed by atoms with Crippen molar-refractivity contribution < 1.29 is 35.9 Å². The Labute approximate surface area is 245 Å². The SMILES string of the molecule is Cc1c(C(=O)NC2(S(=O)(=O)N(C)C(C(=O)O)C(C)C)C=CC(c3ccccc3)=CC2)oc2cccc(NS(C)(=O)=O)c12. The third-order valence-electron chi connectivity index (χ3n) is 7.16. The van der Waals surface area contributed by atoms with E-state index in [4.69, 9.17) is 4.42 Å². The molecule has 11 nitrogen and oxygen atoms in total. The van der Waals surface area contributed by atoms with E-state index in [1.54, 1.807) is 45.1 Å². The van der Waals surface area contributed by atoms with Gasteiger partial charge in [-0.05, 0) is 42.2 Å². The standard InChI is InChI=1S/C29H33N3O8S2/c1-18(2)25(28(34)35)32(4)42(38,39)29(16-14-21(15-17-29)20-10-7-6-8-11-20)30-27(33)26-19(3)24-22(31-41(5,36)37)12-9-13-23(24)40-26/h6-16,18,25,31H,17H2,1-5H3,(H,30,33)(H,34,35). The molecule has 1 aliphatic carbocycles. The molecule has 2 unspecified atom stereocenters. The van der Waals surface area contributed by atoms with Crippen LogP contribution in [0, 0.1) is 12.8 Å². The number of carbonyl (C=O) groups excluding carboxylic acids is 1. The molecule has 0 spiro atoms. The number of sulfonamides is 2. The molecule has 1 aliphatic rings. The molecule has 1 aromatic heterocycles. The molecule has 0 aliphatic heterocycles. The molecule has 13 heteroatoms. The van der Waals surface area contributed by atoms with E-state index < -0.39 is 48.8 Å². The van der Waals surface area contributed by atoms with Crippen LogP contribution >= 0.6 is 0 Å². The number of hydrogen-bond donors (Lipinski definition) is 3. The Morgan fingerprint density at radius 3 is 2.26 bits per heavy atom. The first kappa shape index (κ1) is 31.0. The Balaban J connectivity index is 1.80. The number of hydrogen-bond acceptors (Lipinski definition) is 7. The second kappa shape index (κ2) is 11.4. The number of carboxylic acids is 1. The van der Waals surface area contributed by atoms with Gasteiger partial charge in [-0.25, -0.2) is 16.8 Å². The van der Waals surface area contributed by atoms with Gasteiger partial charge in [-0.3, -0.25) is 14.3 Å². The number of anilines is 1. The van der Waals surface area contributed by atoms with Crippen molar-refractivity contribution in [1.29, 1.82) is 0 Å². The molecule has 0 bridgehead atoms. The molecule has 42 heavy (non-hydrogen) atoms. The Kier molecular flexibility index (Phi) is 8.40. The van der Waals surface area contributed by atoms with Crippen molar-refractivity contribution in [3.8, 4) is 0 Å². The van der Waals surface area contributed by atoms with Crippen LogP contribution in [0.25, 0.3) is 16.5 Å². The molecule has 2 atom stereocenters. The van der Waals surface area contributed by atoms with Crippen LogP contribution in [-0.2, 0) is 24.8 Å². The van der Waals surface area contributed by atoms with Gasteiger partial charge in [0, 0.05) is 24.4 Å². The summed E-state index contributed by atoms with van der Waals surface area (Å²) in [6.45, 7) is 4.75. The third-order valence-corrected chi connectivity index (χ3v) is 10.1. The van der Waals surface area contributed by atoms with E-state index in [1.807, 2.05) is 30.3 Å². The van der Waals surface area contributed by atoms with E-state index >= 15 is 0 Å². The Bertz CT molecular complexity index is 1810. The molecule has 3 N–H and O–H groups in total. The number of carboxylic acid groups (broad SMARTS) is 1. The summed E-state index contributed by atoms with van der Waals surface area (Å²) < 4.78 is 61.2. The van der Waals surface area contributed by atoms with Crippen LogP contribution in [0.1, 0.15) is 41.9 Å². The normalized spacial score (nSPS) is 18.2. The average molecular weight is 616 g/mol. The number of rotatable bonds is 10. The maximum absolute atomic E-state index is 14.2. The number of benzene rings is 2. The Morgan fingerprint density at radius 1 is 1.05 bits per heavy atom. The molecule has 3 aromatic rings. The number of allylic oxidation sites excluding steroid dienone is 2. The second-order valence-corrected chi connectivity index (χ2v) is 14.6. The highest BCUT2D eigenvalue weighted by Gasteiger charge is 2.50. The van der Waals surface area contributed by atoms with E-state index in [2.05, 4.69) is 10.0 Å². The average Bonchev–Trinajstić information content (AvgIpc) is 3.25. The lowest BCUT2D eigenvalue weighted by Crippen LogP contribution is -2.60. The molecule has 0 fully saturated rings. The summed E-state index contributed by atoms with van der Waals surface area (Å²) in [6, 6.07) is 12.5. The second-order valence-electron chi connectivity index (χ2n) is 10.6. The monoisotopic (exact) mass is 615 g/mol. The zero-order valence-corrected chi connectivity index (χ0v) is 25.4. The van der Waals surface area contributed by atoms with Crippen LogP contribution in [0.3, 0.4) is 0 Å². The number of fused-ring (bicyclic) bond motifs is 1. The summed E-state index contributed by atoms with van der Waals surface area (Å²) in [7, 11) is -7.01. The van der Waals surface area contributed by atoms with Crippen LogP contribution in [0.2, 0.25) is 0 Å². The molecule has 4 rings (SSSR count). The smallest absolute Gasteiger partial charge is 0.322 e. The van der Waals surface area contributed by atoms with Gasteiger partial charge in [-0.2, -0.15) is 4.31 Å². The quantitative estimate of drug-likeness (QED) is 0.309. The number of aryl methyl sites for hydroxylation is 1. The molecule has 0 saturated heterocycles. The van der Waals surface area contributed by atoms with E-state index in [0.717, 1.165) is 21.7 Å². The van der Waals surface area contributed by atoms with E-state index in [9.17, 15) is 31.5 Å². The lowest BCUT2D eigenvalue weighted by Gasteiger charge is -2.38. The lowest BCUT2D eigenvalue weighted by atomic mass is 9.96. The van der Waals surface area contributed by atoms with Crippen molar-refractivity contribution in [3.05, 3.63) is 83.6 Å². The summed E-state index contributed by atoms with van der Waals surface area (Å²) >= 11 is 0. The van der Waals surface area contributed by atoms with E-state index in [0.29, 0.717) is 10.9 Å². The van der Waals surface area contributed by atoms with Crippen LogP contribution in [0.5, 0.6) is 0 Å². The topological polar surface area (TPSA) is 163 Å². The van der Waals surface area contributed by atoms with Gasteiger partial charge >= 0.3 is 5.97 Å². The highest BCUT2D eigenvalue weighted by atomic mass is 32.2. The van der Waals surface area contributed by atoms with Crippen LogP contribution in [0.4, 0.5) is 5.69 Å². The Hall–Kier alpha value is -3.94. The van der Waals surface area contributed by atoms with Crippen molar-refractivity contribution in [2.75, 3.05) is 18.0 Å². The molecular formula is C29H33N3O8S2. The van der Waals surface area contributed by atoms with Crippen molar-refractivity contribution in [1.82, 2.24) is 9.62 Å². The number of aliphatic carboxylic acids is 1. The third kappa shape index (κ3) is 5.85. The number of likely N-dealkylation sites (N-methyl/N-ethyl adjacent to an activating group) is 1. The zero-order chi connectivity index (χ0) is 31.0. The first-order valence-electron chi connectivity index (χ1n) is 13.1. The summed E-state index contributed by atoms with van der Waals surface area (Å²) in [5.74, 6) is -2.98. The van der Waals surface area contributed by atoms with Gasteiger partial charge in [0.1, 0.15) is 11.6 Å². The first-order valence-corrected chi connectivity index (χ1v) is 16.4. The van der Waals surface area contributed by atoms with Crippen LogP contribution in [-0.4, -0.2) is 62.3 Å². The van der Waals surface area contributed by atoms with Gasteiger partial charge in [0.25, 0.3) is 5.91 Å². The van der Waals surface area contributed by atoms with Crippen LogP contribution < -0.4 is 10.0 Å². The fraction of sp³-hybridized carbons (Fsp3) is 0.310. The maximum Gasteiger partial charge on any atom is 0.322 e. The van der Waals surface area contributed by atoms with E-state index in [-0.39, 0.29) is 23.5 Å². The minimum atomic E-state index is -4.54. The molecule has 0 radical (unpaired) electrons. The fourth-order valence-corrected chi connectivity index (χ4v) is 7.61. The van der Waals surface area contributed by atoms with Gasteiger partial charge in [0.15, 0.2) is 10.6 Å². The number of furan rings is 1. The van der Waals surface area contributed by atoms with Crippen molar-refractivity contribution >= 4 is 54.2 Å².